The number of H-pyrrole nitrogens is 1. The van der Waals surface area contributed by atoms with Crippen molar-refractivity contribution in [1.29, 1.82) is 0 Å². The number of likely N-dealkylation sites (tertiary alicyclic amines) is 1. The first-order valence-electron chi connectivity index (χ1n) is 12.9. The van der Waals surface area contributed by atoms with Gasteiger partial charge in [-0.1, -0.05) is 48.5 Å². The number of hydrogen-bond donors (Lipinski definition) is 3. The number of ether oxygens (including phenoxy) is 1. The van der Waals surface area contributed by atoms with Gasteiger partial charge in [-0.2, -0.15) is 0 Å². The topological polar surface area (TPSA) is 118 Å². The minimum atomic E-state index is -0.845. The van der Waals surface area contributed by atoms with Crippen molar-refractivity contribution in [1.82, 2.24) is 15.2 Å². The molecule has 8 heteroatoms. The van der Waals surface area contributed by atoms with Crippen molar-refractivity contribution >= 4 is 28.7 Å². The molecule has 4 rings (SSSR count). The van der Waals surface area contributed by atoms with Gasteiger partial charge in [0.1, 0.15) is 6.04 Å². The number of amides is 2. The predicted molar refractivity (Wildman–Crippen MR) is 143 cm³/mol. The lowest BCUT2D eigenvalue weighted by Crippen LogP contribution is -2.58. The monoisotopic (exact) mass is 504 g/mol. The molecule has 0 saturated carbocycles. The van der Waals surface area contributed by atoms with Crippen LogP contribution in [0.3, 0.4) is 0 Å². The molecular weight excluding hydrogens is 468 g/mol. The Labute approximate surface area is 217 Å². The number of benzene rings is 2. The molecule has 1 aromatic heterocycles. The number of para-hydroxylation sites is 1. The van der Waals surface area contributed by atoms with Crippen LogP contribution in [0.4, 0.5) is 0 Å². The number of nitrogens with two attached hydrogens (primary N) is 1. The molecule has 196 valence electrons. The summed E-state index contributed by atoms with van der Waals surface area (Å²) in [7, 11) is 0. The number of esters is 1. The van der Waals surface area contributed by atoms with Crippen LogP contribution in [-0.2, 0) is 32.0 Å². The number of nitrogens with one attached hydrogen (secondary N) is 2. The first-order valence-corrected chi connectivity index (χ1v) is 12.9. The summed E-state index contributed by atoms with van der Waals surface area (Å²) in [6, 6.07) is 16.1. The van der Waals surface area contributed by atoms with Crippen molar-refractivity contribution in [3.63, 3.8) is 0 Å². The lowest BCUT2D eigenvalue weighted by atomic mass is 9.75. The molecule has 1 fully saturated rings. The standard InChI is InChI=1S/C29H36N4O4/c1-3-37-28(36)29(17-21-10-5-4-6-11-21)14-9-15-33(19-29)27(35)25(32-26(34)20(2)30)16-22-18-31-24-13-8-7-12-23(22)24/h4-8,10-13,18,20,25,31H,3,9,14-17,19,30H2,1-2H3,(H,32,34)/t20-,25-,29+/m1/s1. The molecule has 0 radical (unpaired) electrons. The number of aromatic nitrogens is 1. The fourth-order valence-corrected chi connectivity index (χ4v) is 5.22. The molecule has 3 aromatic rings. The summed E-state index contributed by atoms with van der Waals surface area (Å²) in [5.41, 5.74) is 7.89. The number of carbonyl (C=O) groups excluding carboxylic acids is 3. The van der Waals surface area contributed by atoms with Gasteiger partial charge in [-0.3, -0.25) is 14.4 Å². The number of nitrogens with zero attached hydrogens (tertiary/aromatic N) is 1. The SMILES string of the molecule is CCOC(=O)[C@]1(Cc2ccccc2)CCCN(C(=O)[C@@H](Cc2c[nH]c3ccccc23)NC(=O)[C@@H](C)N)C1. The Kier molecular flexibility index (Phi) is 8.28. The lowest BCUT2D eigenvalue weighted by molar-refractivity contribution is -0.161. The number of fused-ring (bicyclic) bond motifs is 1. The smallest absolute Gasteiger partial charge is 0.314 e. The second-order valence-corrected chi connectivity index (χ2v) is 9.94. The second-order valence-electron chi connectivity index (χ2n) is 9.94. The Morgan fingerprint density at radius 2 is 1.86 bits per heavy atom. The maximum Gasteiger partial charge on any atom is 0.314 e. The van der Waals surface area contributed by atoms with Crippen LogP contribution in [0.25, 0.3) is 10.9 Å². The van der Waals surface area contributed by atoms with E-state index < -0.39 is 23.4 Å². The molecule has 2 aromatic carbocycles. The molecule has 37 heavy (non-hydrogen) atoms. The van der Waals surface area contributed by atoms with Crippen molar-refractivity contribution in [2.75, 3.05) is 19.7 Å². The molecule has 0 aliphatic carbocycles. The maximum absolute atomic E-state index is 13.9. The Balaban J connectivity index is 1.61. The summed E-state index contributed by atoms with van der Waals surface area (Å²) in [6.45, 7) is 4.40. The van der Waals surface area contributed by atoms with E-state index in [2.05, 4.69) is 10.3 Å². The van der Waals surface area contributed by atoms with Gasteiger partial charge in [0.05, 0.1) is 18.1 Å². The first kappa shape index (κ1) is 26.4. The highest BCUT2D eigenvalue weighted by molar-refractivity contribution is 5.91. The van der Waals surface area contributed by atoms with Gasteiger partial charge in [-0.05, 0) is 50.3 Å². The number of hydrogen-bond acceptors (Lipinski definition) is 5. The van der Waals surface area contributed by atoms with Crippen LogP contribution < -0.4 is 11.1 Å². The maximum atomic E-state index is 13.9. The molecule has 1 aliphatic heterocycles. The van der Waals surface area contributed by atoms with Crippen LogP contribution in [0.1, 0.15) is 37.8 Å². The minimum absolute atomic E-state index is 0.222. The fourth-order valence-electron chi connectivity index (χ4n) is 5.22. The van der Waals surface area contributed by atoms with Gasteiger partial charge < -0.3 is 25.7 Å². The van der Waals surface area contributed by atoms with E-state index >= 15 is 0 Å². The zero-order valence-corrected chi connectivity index (χ0v) is 21.5. The quantitative estimate of drug-likeness (QED) is 0.387. The molecule has 3 atom stereocenters. The molecule has 0 unspecified atom stereocenters. The van der Waals surface area contributed by atoms with E-state index in [0.29, 0.717) is 32.2 Å². The lowest BCUT2D eigenvalue weighted by Gasteiger charge is -2.42. The third-order valence-corrected chi connectivity index (χ3v) is 7.11. The fraction of sp³-hybridized carbons (Fsp3) is 0.414. The van der Waals surface area contributed by atoms with Crippen molar-refractivity contribution < 1.29 is 19.1 Å². The Morgan fingerprint density at radius 3 is 2.59 bits per heavy atom. The van der Waals surface area contributed by atoms with Crippen molar-refractivity contribution in [2.45, 2.75) is 51.6 Å². The van der Waals surface area contributed by atoms with Crippen LogP contribution in [-0.4, -0.2) is 59.4 Å². The van der Waals surface area contributed by atoms with Crippen LogP contribution in [0.5, 0.6) is 0 Å². The van der Waals surface area contributed by atoms with Gasteiger partial charge in [0.15, 0.2) is 0 Å². The van der Waals surface area contributed by atoms with Gasteiger partial charge in [-0.15, -0.1) is 0 Å². The summed E-state index contributed by atoms with van der Waals surface area (Å²) in [5, 5.41) is 3.86. The second kappa shape index (κ2) is 11.6. The van der Waals surface area contributed by atoms with E-state index in [1.165, 1.54) is 0 Å². The summed E-state index contributed by atoms with van der Waals surface area (Å²) in [5.74, 6) is -0.902. The Morgan fingerprint density at radius 1 is 1.14 bits per heavy atom. The van der Waals surface area contributed by atoms with E-state index in [-0.39, 0.29) is 25.0 Å². The highest BCUT2D eigenvalue weighted by atomic mass is 16.5. The first-order chi connectivity index (χ1) is 17.8. The minimum Gasteiger partial charge on any atom is -0.466 e. The summed E-state index contributed by atoms with van der Waals surface area (Å²) in [6.07, 6.45) is 3.96. The zero-order valence-electron chi connectivity index (χ0n) is 21.5. The molecule has 4 N–H and O–H groups in total. The molecule has 0 bridgehead atoms. The largest absolute Gasteiger partial charge is 0.466 e. The zero-order chi connectivity index (χ0) is 26.4. The van der Waals surface area contributed by atoms with E-state index in [1.54, 1.807) is 18.7 Å². The molecule has 2 amide bonds. The molecular formula is C29H36N4O4. The van der Waals surface area contributed by atoms with Gasteiger partial charge in [0.25, 0.3) is 0 Å². The predicted octanol–water partition coefficient (Wildman–Crippen LogP) is 2.96. The highest BCUT2D eigenvalue weighted by Gasteiger charge is 2.45. The summed E-state index contributed by atoms with van der Waals surface area (Å²) < 4.78 is 5.51. The van der Waals surface area contributed by atoms with E-state index in [4.69, 9.17) is 10.5 Å². The molecule has 0 spiro atoms. The number of piperidine rings is 1. The van der Waals surface area contributed by atoms with Crippen LogP contribution in [0.15, 0.2) is 60.8 Å². The van der Waals surface area contributed by atoms with Gasteiger partial charge >= 0.3 is 5.97 Å². The van der Waals surface area contributed by atoms with E-state index in [1.807, 2.05) is 60.8 Å². The average Bonchev–Trinajstić information content (AvgIpc) is 3.31. The Bertz CT molecular complexity index is 1240. The van der Waals surface area contributed by atoms with Gasteiger partial charge in [-0.25, -0.2) is 0 Å². The number of carbonyl (C=O) groups is 3. The molecule has 1 saturated heterocycles. The van der Waals surface area contributed by atoms with E-state index in [0.717, 1.165) is 22.0 Å². The average molecular weight is 505 g/mol. The molecule has 8 nitrogen and oxygen atoms in total. The van der Waals surface area contributed by atoms with Crippen molar-refractivity contribution in [2.24, 2.45) is 11.1 Å². The van der Waals surface area contributed by atoms with Crippen molar-refractivity contribution in [3.8, 4) is 0 Å². The van der Waals surface area contributed by atoms with Crippen LogP contribution >= 0.6 is 0 Å². The summed E-state index contributed by atoms with van der Waals surface area (Å²) in [4.78, 5) is 44.8. The number of rotatable bonds is 9. The highest BCUT2D eigenvalue weighted by Crippen LogP contribution is 2.36. The van der Waals surface area contributed by atoms with E-state index in [9.17, 15) is 14.4 Å². The van der Waals surface area contributed by atoms with Crippen LogP contribution in [0.2, 0.25) is 0 Å². The third kappa shape index (κ3) is 6.02. The van der Waals surface area contributed by atoms with Crippen molar-refractivity contribution in [3.05, 3.63) is 71.9 Å². The molecule has 1 aliphatic rings. The normalized spacial score (nSPS) is 19.3. The third-order valence-electron chi connectivity index (χ3n) is 7.11. The van der Waals surface area contributed by atoms with Crippen LogP contribution in [0, 0.1) is 5.41 Å². The Hall–Kier alpha value is -3.65. The van der Waals surface area contributed by atoms with Gasteiger partial charge in [0, 0.05) is 36.6 Å². The van der Waals surface area contributed by atoms with Gasteiger partial charge in [0.2, 0.25) is 11.8 Å². The number of aromatic amines is 1. The molecule has 2 heterocycles. The summed E-state index contributed by atoms with van der Waals surface area (Å²) >= 11 is 0.